The van der Waals surface area contributed by atoms with Crippen molar-refractivity contribution in [2.45, 2.75) is 13.1 Å². The van der Waals surface area contributed by atoms with Gasteiger partial charge < -0.3 is 42.9 Å². The Bertz CT molecular complexity index is 588. The number of rotatable bonds is 10. The Kier molecular flexibility index (Phi) is 12.4. The lowest BCUT2D eigenvalue weighted by atomic mass is 10.2. The molecule has 5 heteroatoms. The van der Waals surface area contributed by atoms with Gasteiger partial charge in [-0.1, -0.05) is 60.7 Å². The van der Waals surface area contributed by atoms with E-state index < -0.39 is 0 Å². The molecule has 0 N–H and O–H groups in total. The maximum absolute atomic E-state index is 2.48. The number of hydrogen-bond acceptors (Lipinski definition) is 1. The summed E-state index contributed by atoms with van der Waals surface area (Å²) in [7, 11) is 11.6. The Morgan fingerprint density at radius 3 is 1.25 bits per heavy atom. The minimum absolute atomic E-state index is 0. The van der Waals surface area contributed by atoms with Crippen molar-refractivity contribution in [3.05, 3.63) is 71.8 Å². The van der Waals surface area contributed by atoms with Crippen molar-refractivity contribution in [1.29, 1.82) is 0 Å². The number of likely N-dealkylation sites (N-methyl/N-ethyl adjacent to an activating group) is 3. The van der Waals surface area contributed by atoms with Gasteiger partial charge >= 0.3 is 0 Å². The predicted octanol–water partition coefficient (Wildman–Crippen LogP) is -2.52. The SMILES string of the molecule is CN(CC[N+](C)(C)Cc1ccccc1)CC[N+](C)(C)Cc1ccccc1.[Br-].[Br-]. The van der Waals surface area contributed by atoms with E-state index in [4.69, 9.17) is 0 Å². The lowest BCUT2D eigenvalue weighted by Gasteiger charge is -2.34. The van der Waals surface area contributed by atoms with E-state index >= 15 is 0 Å². The number of nitrogens with zero attached hydrogens (tertiary/aromatic N) is 3. The van der Waals surface area contributed by atoms with E-state index in [0.29, 0.717) is 0 Å². The van der Waals surface area contributed by atoms with Crippen LogP contribution in [0.1, 0.15) is 11.1 Å². The minimum atomic E-state index is 0. The smallest absolute Gasteiger partial charge is 0.104 e. The van der Waals surface area contributed by atoms with Crippen LogP contribution in [0.3, 0.4) is 0 Å². The number of hydrogen-bond donors (Lipinski definition) is 0. The molecule has 0 unspecified atom stereocenters. The molecule has 0 aliphatic rings. The normalized spacial score (nSPS) is 11.6. The standard InChI is InChI=1S/C23H37N3.2BrH/c1-24(16-18-25(2,3)20-22-12-8-6-9-13-22)17-19-26(4,5)21-23-14-10-7-11-15-23;;/h6-15H,16-21H2,1-5H3;2*1H/q+2;;/p-2. The second-order valence-electron chi connectivity index (χ2n) is 8.91. The second-order valence-corrected chi connectivity index (χ2v) is 8.91. The molecular weight excluding hydrogens is 478 g/mol. The average Bonchev–Trinajstić information content (AvgIpc) is 2.59. The van der Waals surface area contributed by atoms with Crippen LogP contribution >= 0.6 is 0 Å². The van der Waals surface area contributed by atoms with Gasteiger partial charge in [0.25, 0.3) is 0 Å². The Morgan fingerprint density at radius 1 is 0.607 bits per heavy atom. The molecule has 0 aliphatic carbocycles. The summed E-state index contributed by atoms with van der Waals surface area (Å²) < 4.78 is 2.05. The van der Waals surface area contributed by atoms with E-state index in [2.05, 4.69) is 101 Å². The maximum Gasteiger partial charge on any atom is 0.104 e. The van der Waals surface area contributed by atoms with Crippen molar-refractivity contribution in [3.8, 4) is 0 Å². The molecule has 0 saturated carbocycles. The molecule has 0 fully saturated rings. The Morgan fingerprint density at radius 2 is 0.929 bits per heavy atom. The van der Waals surface area contributed by atoms with Gasteiger partial charge in [-0.25, -0.2) is 0 Å². The fourth-order valence-corrected chi connectivity index (χ4v) is 3.31. The van der Waals surface area contributed by atoms with Crippen molar-refractivity contribution in [1.82, 2.24) is 4.90 Å². The Labute approximate surface area is 193 Å². The average molecular weight is 515 g/mol. The molecule has 0 aromatic heterocycles. The number of quaternary nitrogens is 2. The van der Waals surface area contributed by atoms with E-state index in [1.807, 2.05) is 0 Å². The monoisotopic (exact) mass is 513 g/mol. The molecule has 0 atom stereocenters. The summed E-state index contributed by atoms with van der Waals surface area (Å²) in [5.74, 6) is 0. The zero-order valence-electron chi connectivity index (χ0n) is 18.1. The van der Waals surface area contributed by atoms with Crippen LogP contribution in [-0.4, -0.2) is 75.3 Å². The quantitative estimate of drug-likeness (QED) is 0.316. The third kappa shape index (κ3) is 10.7. The number of benzene rings is 2. The van der Waals surface area contributed by atoms with Crippen LogP contribution in [0.15, 0.2) is 60.7 Å². The zero-order valence-corrected chi connectivity index (χ0v) is 21.3. The Balaban J connectivity index is 0.00000364. The van der Waals surface area contributed by atoms with E-state index in [9.17, 15) is 0 Å². The van der Waals surface area contributed by atoms with Crippen molar-refractivity contribution in [2.75, 3.05) is 61.4 Å². The highest BCUT2D eigenvalue weighted by Crippen LogP contribution is 2.11. The lowest BCUT2D eigenvalue weighted by Crippen LogP contribution is -3.00. The summed E-state index contributed by atoms with van der Waals surface area (Å²) in [5, 5.41) is 0. The molecule has 3 nitrogen and oxygen atoms in total. The van der Waals surface area contributed by atoms with Crippen LogP contribution in [-0.2, 0) is 13.1 Å². The first-order valence-corrected chi connectivity index (χ1v) is 9.66. The van der Waals surface area contributed by atoms with Gasteiger partial charge in [-0.2, -0.15) is 0 Å². The summed E-state index contributed by atoms with van der Waals surface area (Å²) in [6.07, 6.45) is 0. The lowest BCUT2D eigenvalue weighted by molar-refractivity contribution is -0.905. The van der Waals surface area contributed by atoms with Crippen LogP contribution in [0.5, 0.6) is 0 Å². The topological polar surface area (TPSA) is 3.24 Å². The summed E-state index contributed by atoms with van der Waals surface area (Å²) in [4.78, 5) is 2.48. The first kappa shape index (κ1) is 27.3. The summed E-state index contributed by atoms with van der Waals surface area (Å²) >= 11 is 0. The first-order chi connectivity index (χ1) is 12.3. The second kappa shape index (κ2) is 12.8. The van der Waals surface area contributed by atoms with E-state index in [0.717, 1.165) is 48.2 Å². The third-order valence-electron chi connectivity index (χ3n) is 5.08. The van der Waals surface area contributed by atoms with Crippen molar-refractivity contribution in [3.63, 3.8) is 0 Å². The molecule has 28 heavy (non-hydrogen) atoms. The first-order valence-electron chi connectivity index (χ1n) is 9.66. The van der Waals surface area contributed by atoms with Gasteiger partial charge in [0, 0.05) is 24.2 Å². The van der Waals surface area contributed by atoms with Crippen molar-refractivity contribution >= 4 is 0 Å². The molecule has 0 spiro atoms. The predicted molar refractivity (Wildman–Crippen MR) is 112 cm³/mol. The molecule has 0 bridgehead atoms. The van der Waals surface area contributed by atoms with E-state index in [1.54, 1.807) is 0 Å². The molecule has 158 valence electrons. The molecule has 2 aromatic rings. The number of halogens is 2. The highest BCUT2D eigenvalue weighted by atomic mass is 79.9. The molecule has 0 radical (unpaired) electrons. The molecule has 2 rings (SSSR count). The molecule has 2 aromatic carbocycles. The van der Waals surface area contributed by atoms with Crippen LogP contribution in [0.25, 0.3) is 0 Å². The molecule has 0 aliphatic heterocycles. The maximum atomic E-state index is 2.48. The van der Waals surface area contributed by atoms with E-state index in [-0.39, 0.29) is 34.0 Å². The summed E-state index contributed by atoms with van der Waals surface area (Å²) in [6.45, 7) is 6.76. The van der Waals surface area contributed by atoms with Crippen molar-refractivity contribution < 1.29 is 42.9 Å². The van der Waals surface area contributed by atoms with Crippen LogP contribution in [0, 0.1) is 0 Å². The highest BCUT2D eigenvalue weighted by Gasteiger charge is 2.19. The van der Waals surface area contributed by atoms with Gasteiger partial charge in [0.15, 0.2) is 0 Å². The van der Waals surface area contributed by atoms with Gasteiger partial charge in [0.1, 0.15) is 13.1 Å². The molecule has 0 heterocycles. The van der Waals surface area contributed by atoms with Gasteiger partial charge in [0.2, 0.25) is 0 Å². The molecule has 0 amide bonds. The largest absolute Gasteiger partial charge is 1.00 e. The fourth-order valence-electron chi connectivity index (χ4n) is 3.31. The van der Waals surface area contributed by atoms with Gasteiger partial charge in [0.05, 0.1) is 41.3 Å². The van der Waals surface area contributed by atoms with E-state index in [1.165, 1.54) is 11.1 Å². The van der Waals surface area contributed by atoms with Gasteiger partial charge in [-0.15, -0.1) is 0 Å². The molecular formula is C23H37Br2N3. The minimum Gasteiger partial charge on any atom is -1.00 e. The fraction of sp³-hybridized carbons (Fsp3) is 0.478. The summed E-state index contributed by atoms with van der Waals surface area (Å²) in [6, 6.07) is 21.6. The third-order valence-corrected chi connectivity index (χ3v) is 5.08. The van der Waals surface area contributed by atoms with Crippen LogP contribution in [0.4, 0.5) is 0 Å². The zero-order chi connectivity index (χ0) is 19.0. The van der Waals surface area contributed by atoms with Crippen LogP contribution < -0.4 is 34.0 Å². The van der Waals surface area contributed by atoms with Crippen molar-refractivity contribution in [2.24, 2.45) is 0 Å². The molecule has 0 saturated heterocycles. The Hall–Kier alpha value is -0.720. The highest BCUT2D eigenvalue weighted by molar-refractivity contribution is 5.14. The van der Waals surface area contributed by atoms with Gasteiger partial charge in [-0.05, 0) is 7.05 Å². The van der Waals surface area contributed by atoms with Crippen LogP contribution in [0.2, 0.25) is 0 Å². The van der Waals surface area contributed by atoms with Gasteiger partial charge in [-0.3, -0.25) is 4.90 Å². The summed E-state index contributed by atoms with van der Waals surface area (Å²) in [5.41, 5.74) is 2.83.